The number of benzene rings is 1. The maximum Gasteiger partial charge on any atom is 0.417 e. The summed E-state index contributed by atoms with van der Waals surface area (Å²) in [6.07, 6.45) is -1.26. The van der Waals surface area contributed by atoms with Gasteiger partial charge in [0.05, 0.1) is 23.2 Å². The Bertz CT molecular complexity index is 981. The van der Waals surface area contributed by atoms with Crippen LogP contribution >= 0.6 is 15.9 Å². The largest absolute Gasteiger partial charge is 0.494 e. The van der Waals surface area contributed by atoms with Crippen molar-refractivity contribution in [3.63, 3.8) is 0 Å². The number of carbonyl (C=O) groups is 1. The summed E-state index contributed by atoms with van der Waals surface area (Å²) < 4.78 is 40.3. The summed E-state index contributed by atoms with van der Waals surface area (Å²) in [4.78, 5) is 13.7. The Morgan fingerprint density at radius 2 is 1.77 bits per heavy atom. The van der Waals surface area contributed by atoms with Crippen molar-refractivity contribution in [1.29, 1.82) is 0 Å². The first kappa shape index (κ1) is 17.0. The number of hydrogen-bond acceptors (Lipinski definition) is 3. The van der Waals surface area contributed by atoms with Gasteiger partial charge in [0.1, 0.15) is 0 Å². The van der Waals surface area contributed by atoms with Crippen molar-refractivity contribution in [3.8, 4) is 17.4 Å². The van der Waals surface area contributed by atoms with Crippen molar-refractivity contribution in [3.05, 3.63) is 51.5 Å². The monoisotopic (exact) mass is 428 g/mol. The summed E-state index contributed by atoms with van der Waals surface area (Å²) in [5.41, 5.74) is -0.433. The van der Waals surface area contributed by atoms with Crippen LogP contribution in [-0.2, 0) is 11.0 Å². The van der Waals surface area contributed by atoms with Crippen LogP contribution in [0.3, 0.4) is 0 Å². The van der Waals surface area contributed by atoms with E-state index < -0.39 is 29.6 Å². The van der Waals surface area contributed by atoms with Gasteiger partial charge in [-0.15, -0.1) is 0 Å². The third kappa shape index (κ3) is 2.13. The normalized spacial score (nSPS) is 21.4. The summed E-state index contributed by atoms with van der Waals surface area (Å²) in [6.45, 7) is 0. The fourth-order valence-electron chi connectivity index (χ4n) is 3.59. The number of aromatic nitrogens is 1. The number of hydrogen-bond donors (Lipinski definition) is 2. The Morgan fingerprint density at radius 3 is 2.42 bits per heavy atom. The summed E-state index contributed by atoms with van der Waals surface area (Å²) in [7, 11) is 1.57. The highest BCUT2D eigenvalue weighted by atomic mass is 79.9. The second kappa shape index (κ2) is 5.29. The smallest absolute Gasteiger partial charge is 0.417 e. The van der Waals surface area contributed by atoms with Crippen molar-refractivity contribution >= 4 is 21.8 Å². The van der Waals surface area contributed by atoms with Crippen LogP contribution in [0.25, 0.3) is 5.69 Å². The van der Waals surface area contributed by atoms with Gasteiger partial charge >= 0.3 is 6.18 Å². The molecule has 0 unspecified atom stereocenters. The van der Waals surface area contributed by atoms with E-state index in [4.69, 9.17) is 0 Å². The lowest BCUT2D eigenvalue weighted by Crippen LogP contribution is -2.41. The molecule has 3 aliphatic rings. The molecule has 0 spiro atoms. The van der Waals surface area contributed by atoms with Crippen LogP contribution in [0.15, 0.2) is 34.8 Å². The molecule has 2 aromatic rings. The molecular weight excluding hydrogens is 417 g/mol. The van der Waals surface area contributed by atoms with E-state index in [0.717, 1.165) is 10.6 Å². The van der Waals surface area contributed by atoms with Gasteiger partial charge in [-0.1, -0.05) is 28.1 Å². The van der Waals surface area contributed by atoms with Crippen LogP contribution in [0.1, 0.15) is 28.7 Å². The maximum absolute atomic E-state index is 13.2. The fourth-order valence-corrected chi connectivity index (χ4v) is 4.06. The number of carbonyl (C=O) groups excluding carboxylic acids is 1. The predicted molar refractivity (Wildman–Crippen MR) is 89.2 cm³/mol. The standard InChI is InChI=1S/C17H12BrF3N2O3/c1-22-11-5-3-8(14(22)24)12-13(11)16(26)23(15(12)25)7-2-4-10(18)9(6-7)17(19,20)21/h2-6,8,11,25-26H,1H3/t8-,11+/m1/s1. The predicted octanol–water partition coefficient (Wildman–Crippen LogP) is 3.84. The highest BCUT2D eigenvalue weighted by molar-refractivity contribution is 9.10. The summed E-state index contributed by atoms with van der Waals surface area (Å²) >= 11 is 2.86. The molecule has 2 atom stereocenters. The number of alkyl halides is 3. The Hall–Kier alpha value is -2.42. The molecule has 5 rings (SSSR count). The molecule has 2 N–H and O–H groups in total. The molecule has 1 aromatic carbocycles. The van der Waals surface area contributed by atoms with E-state index in [0.29, 0.717) is 5.56 Å². The maximum atomic E-state index is 13.2. The minimum atomic E-state index is -4.61. The quantitative estimate of drug-likeness (QED) is 0.678. The van der Waals surface area contributed by atoms with Crippen LogP contribution in [-0.4, -0.2) is 32.6 Å². The number of nitrogens with zero attached hydrogens (tertiary/aromatic N) is 2. The lowest BCUT2D eigenvalue weighted by Gasteiger charge is -2.38. The van der Waals surface area contributed by atoms with Gasteiger partial charge in [0.15, 0.2) is 0 Å². The summed E-state index contributed by atoms with van der Waals surface area (Å²) in [5.74, 6) is -1.84. The molecule has 136 valence electrons. The zero-order valence-electron chi connectivity index (χ0n) is 13.3. The minimum absolute atomic E-state index is 0.0561. The van der Waals surface area contributed by atoms with E-state index in [1.54, 1.807) is 19.2 Å². The zero-order chi connectivity index (χ0) is 19.0. The third-order valence-electron chi connectivity index (χ3n) is 4.83. The SMILES string of the molecule is CN1C(=O)[C@@H]2C=C[C@H]1c1c2c(O)n(-c2ccc(Br)c(C(F)(F)F)c2)c1O. The van der Waals surface area contributed by atoms with Gasteiger partial charge in [-0.25, -0.2) is 0 Å². The van der Waals surface area contributed by atoms with Gasteiger partial charge in [-0.05, 0) is 18.2 Å². The molecule has 5 nitrogen and oxygen atoms in total. The molecule has 0 fully saturated rings. The number of amides is 1. The average Bonchev–Trinajstić information content (AvgIpc) is 2.84. The average molecular weight is 429 g/mol. The number of likely N-dealkylation sites (N-methyl/N-ethyl adjacent to an activating group) is 1. The molecule has 0 radical (unpaired) electrons. The van der Waals surface area contributed by atoms with E-state index >= 15 is 0 Å². The molecule has 1 aromatic heterocycles. The van der Waals surface area contributed by atoms with Crippen molar-refractivity contribution in [2.45, 2.75) is 18.1 Å². The molecule has 2 aliphatic heterocycles. The molecule has 26 heavy (non-hydrogen) atoms. The minimum Gasteiger partial charge on any atom is -0.494 e. The molecule has 2 bridgehead atoms. The van der Waals surface area contributed by atoms with Crippen LogP contribution in [0.2, 0.25) is 0 Å². The first-order valence-corrected chi connectivity index (χ1v) is 8.40. The molecule has 0 saturated heterocycles. The topological polar surface area (TPSA) is 65.7 Å². The lowest BCUT2D eigenvalue weighted by molar-refractivity contribution is -0.138. The molecule has 1 aliphatic carbocycles. The van der Waals surface area contributed by atoms with Gasteiger partial charge < -0.3 is 15.1 Å². The second-order valence-corrected chi connectivity index (χ2v) is 7.08. The van der Waals surface area contributed by atoms with Crippen LogP contribution in [0.5, 0.6) is 11.8 Å². The number of halogens is 4. The van der Waals surface area contributed by atoms with Gasteiger partial charge in [-0.2, -0.15) is 13.2 Å². The molecule has 1 amide bonds. The van der Waals surface area contributed by atoms with E-state index in [2.05, 4.69) is 15.9 Å². The fraction of sp³-hybridized carbons (Fsp3) is 0.235. The van der Waals surface area contributed by atoms with E-state index in [1.165, 1.54) is 17.0 Å². The first-order chi connectivity index (χ1) is 12.1. The lowest BCUT2D eigenvalue weighted by atomic mass is 9.81. The third-order valence-corrected chi connectivity index (χ3v) is 5.52. The number of fused-ring (bicyclic) bond motifs is 1. The molecule has 9 heteroatoms. The van der Waals surface area contributed by atoms with Gasteiger partial charge in [-0.3, -0.25) is 9.36 Å². The molecular formula is C17H12BrF3N2O3. The Morgan fingerprint density at radius 1 is 1.12 bits per heavy atom. The summed E-state index contributed by atoms with van der Waals surface area (Å²) in [6, 6.07) is 2.79. The van der Waals surface area contributed by atoms with Gasteiger partial charge in [0.2, 0.25) is 17.7 Å². The van der Waals surface area contributed by atoms with E-state index in [9.17, 15) is 28.2 Å². The van der Waals surface area contributed by atoms with Crippen molar-refractivity contribution in [2.75, 3.05) is 7.05 Å². The van der Waals surface area contributed by atoms with Crippen molar-refractivity contribution in [2.24, 2.45) is 0 Å². The first-order valence-electron chi connectivity index (χ1n) is 7.61. The van der Waals surface area contributed by atoms with E-state index in [-0.39, 0.29) is 27.5 Å². The van der Waals surface area contributed by atoms with Crippen molar-refractivity contribution in [1.82, 2.24) is 9.47 Å². The Balaban J connectivity index is 1.95. The van der Waals surface area contributed by atoms with Crippen LogP contribution in [0, 0.1) is 0 Å². The van der Waals surface area contributed by atoms with Gasteiger partial charge in [0.25, 0.3) is 0 Å². The van der Waals surface area contributed by atoms with Crippen LogP contribution < -0.4 is 0 Å². The second-order valence-electron chi connectivity index (χ2n) is 6.23. The number of rotatable bonds is 1. The van der Waals surface area contributed by atoms with Gasteiger partial charge in [0, 0.05) is 22.6 Å². The van der Waals surface area contributed by atoms with E-state index in [1.807, 2.05) is 0 Å². The van der Waals surface area contributed by atoms with Crippen LogP contribution in [0.4, 0.5) is 13.2 Å². The van der Waals surface area contributed by atoms with Crippen molar-refractivity contribution < 1.29 is 28.2 Å². The highest BCUT2D eigenvalue weighted by Crippen LogP contribution is 2.52. The molecule has 3 heterocycles. The Labute approximate surface area is 154 Å². The Kier molecular flexibility index (Phi) is 3.46. The number of aromatic hydroxyl groups is 2. The zero-order valence-corrected chi connectivity index (χ0v) is 14.8. The molecule has 0 saturated carbocycles. The summed E-state index contributed by atoms with van der Waals surface area (Å²) in [5, 5.41) is 21.2. The highest BCUT2D eigenvalue weighted by Gasteiger charge is 2.45.